The lowest BCUT2D eigenvalue weighted by molar-refractivity contribution is -0.148. The van der Waals surface area contributed by atoms with Crippen molar-refractivity contribution in [2.75, 3.05) is 13.2 Å². The molecule has 1 fully saturated rings. The molecule has 3 rings (SSSR count). The second-order valence-electron chi connectivity index (χ2n) is 9.14. The van der Waals surface area contributed by atoms with Crippen LogP contribution in [-0.4, -0.2) is 50.7 Å². The predicted octanol–water partition coefficient (Wildman–Crippen LogP) is 3.05. The van der Waals surface area contributed by atoms with Crippen LogP contribution in [-0.2, 0) is 30.5 Å². The second-order valence-corrected chi connectivity index (χ2v) is 11.1. The van der Waals surface area contributed by atoms with E-state index in [1.54, 1.807) is 30.3 Å². The van der Waals surface area contributed by atoms with Crippen molar-refractivity contribution in [3.8, 4) is 0 Å². The Morgan fingerprint density at radius 3 is 2.18 bits per heavy atom. The number of hydrogen-bond donors (Lipinski definition) is 4. The minimum Gasteiger partial charge on any atom is -0.462 e. The van der Waals surface area contributed by atoms with E-state index in [4.69, 9.17) is 16.5 Å². The van der Waals surface area contributed by atoms with Crippen LogP contribution in [0.3, 0.4) is 0 Å². The first-order chi connectivity index (χ1) is 18.4. The number of amides is 1. The average molecular weight is 592 g/mol. The SMILES string of the molecule is O=C(OC[C@@H](NC(=O)[C@H]1CC[C@H](NS(=O)(=O)c2ccc(C(F)(F)F)cc2)CC1)c1ccccc1)[C@H](CO)NCl. The topological polar surface area (TPSA) is 134 Å². The summed E-state index contributed by atoms with van der Waals surface area (Å²) in [6, 6.07) is 9.81. The van der Waals surface area contributed by atoms with Gasteiger partial charge in [0.05, 0.1) is 23.1 Å². The molecule has 0 unspecified atom stereocenters. The zero-order chi connectivity index (χ0) is 28.6. The van der Waals surface area contributed by atoms with E-state index in [0.717, 1.165) is 12.1 Å². The number of aliphatic hydroxyl groups excluding tert-OH is 1. The number of rotatable bonds is 11. The predicted molar refractivity (Wildman–Crippen MR) is 136 cm³/mol. The fourth-order valence-electron chi connectivity index (χ4n) is 4.20. The minimum atomic E-state index is -4.57. The van der Waals surface area contributed by atoms with Crippen LogP contribution in [0.4, 0.5) is 13.2 Å². The van der Waals surface area contributed by atoms with Crippen LogP contribution in [0, 0.1) is 5.92 Å². The van der Waals surface area contributed by atoms with E-state index in [1.165, 1.54) is 0 Å². The van der Waals surface area contributed by atoms with Crippen LogP contribution < -0.4 is 14.9 Å². The van der Waals surface area contributed by atoms with Gasteiger partial charge in [-0.15, -0.1) is 0 Å². The molecule has 0 bridgehead atoms. The highest BCUT2D eigenvalue weighted by Gasteiger charge is 2.33. The third kappa shape index (κ3) is 8.64. The summed E-state index contributed by atoms with van der Waals surface area (Å²) >= 11 is 5.43. The number of ether oxygens (including phenoxy) is 1. The summed E-state index contributed by atoms with van der Waals surface area (Å²) in [6.45, 7) is -0.775. The third-order valence-electron chi connectivity index (χ3n) is 6.42. The van der Waals surface area contributed by atoms with Crippen molar-refractivity contribution in [1.82, 2.24) is 14.9 Å². The highest BCUT2D eigenvalue weighted by Crippen LogP contribution is 2.30. The molecule has 0 aliphatic heterocycles. The summed E-state index contributed by atoms with van der Waals surface area (Å²) in [5.74, 6) is -1.50. The molecule has 0 saturated heterocycles. The molecule has 2 aromatic rings. The van der Waals surface area contributed by atoms with Gasteiger partial charge in [-0.1, -0.05) is 30.3 Å². The summed E-state index contributed by atoms with van der Waals surface area (Å²) in [5, 5.41) is 12.1. The van der Waals surface area contributed by atoms with Gasteiger partial charge in [0.1, 0.15) is 12.6 Å². The maximum Gasteiger partial charge on any atom is 0.416 e. The van der Waals surface area contributed by atoms with Crippen LogP contribution in [0.2, 0.25) is 0 Å². The Kier molecular flexibility index (Phi) is 10.7. The maximum absolute atomic E-state index is 13.0. The molecule has 1 aliphatic rings. The van der Waals surface area contributed by atoms with Crippen molar-refractivity contribution >= 4 is 33.7 Å². The van der Waals surface area contributed by atoms with E-state index >= 15 is 0 Å². The normalized spacial score (nSPS) is 19.6. The molecule has 14 heteroatoms. The van der Waals surface area contributed by atoms with Gasteiger partial charge < -0.3 is 15.2 Å². The van der Waals surface area contributed by atoms with Gasteiger partial charge in [0.2, 0.25) is 15.9 Å². The smallest absolute Gasteiger partial charge is 0.416 e. The number of carbonyl (C=O) groups is 2. The zero-order valence-corrected chi connectivity index (χ0v) is 22.2. The number of alkyl halides is 3. The molecule has 0 radical (unpaired) electrons. The van der Waals surface area contributed by atoms with E-state index in [0.29, 0.717) is 43.4 Å². The number of aliphatic hydroxyl groups is 1. The lowest BCUT2D eigenvalue weighted by atomic mass is 9.85. The van der Waals surface area contributed by atoms with Gasteiger partial charge in [-0.2, -0.15) is 13.2 Å². The van der Waals surface area contributed by atoms with Crippen LogP contribution >= 0.6 is 11.8 Å². The molecule has 9 nitrogen and oxygen atoms in total. The molecule has 2 atom stereocenters. The molecular formula is C25H29ClF3N3O6S. The van der Waals surface area contributed by atoms with Crippen LogP contribution in [0.5, 0.6) is 0 Å². The van der Waals surface area contributed by atoms with Gasteiger partial charge in [0.25, 0.3) is 0 Å². The van der Waals surface area contributed by atoms with Gasteiger partial charge in [0.15, 0.2) is 0 Å². The summed E-state index contributed by atoms with van der Waals surface area (Å²) in [6.07, 6.45) is -3.13. The van der Waals surface area contributed by atoms with Crippen LogP contribution in [0.15, 0.2) is 59.5 Å². The molecule has 4 N–H and O–H groups in total. The van der Waals surface area contributed by atoms with E-state index < -0.39 is 58.4 Å². The van der Waals surface area contributed by atoms with Gasteiger partial charge >= 0.3 is 12.1 Å². The average Bonchev–Trinajstić information content (AvgIpc) is 2.92. The Bertz CT molecular complexity index is 1200. The quantitative estimate of drug-likeness (QED) is 0.233. The van der Waals surface area contributed by atoms with E-state index in [2.05, 4.69) is 14.9 Å². The van der Waals surface area contributed by atoms with Crippen LogP contribution in [0.1, 0.15) is 42.9 Å². The van der Waals surface area contributed by atoms with Crippen molar-refractivity contribution in [1.29, 1.82) is 0 Å². The molecule has 1 saturated carbocycles. The summed E-state index contributed by atoms with van der Waals surface area (Å²) in [5.41, 5.74) is -0.253. The highest BCUT2D eigenvalue weighted by atomic mass is 35.5. The molecule has 0 spiro atoms. The summed E-state index contributed by atoms with van der Waals surface area (Å²) in [7, 11) is -4.04. The molecular weight excluding hydrogens is 563 g/mol. The Morgan fingerprint density at radius 2 is 1.64 bits per heavy atom. The standard InChI is InChI=1S/C25H29ClF3N3O6S/c26-31-21(14-33)24(35)38-15-22(16-4-2-1-3-5-16)30-23(34)17-6-10-19(11-7-17)32-39(36,37)20-12-8-18(9-13-20)25(27,28)29/h1-5,8-9,12-13,17,19,21-22,31-33H,6-7,10-11,14-15H2,(H,30,34)/t17-,19-,21-,22+/m0/s1. The van der Waals surface area contributed by atoms with E-state index in [-0.39, 0.29) is 17.4 Å². The summed E-state index contributed by atoms with van der Waals surface area (Å²) in [4.78, 5) is 27.0. The lowest BCUT2D eigenvalue weighted by Gasteiger charge is -2.30. The molecule has 0 aromatic heterocycles. The Hall–Kier alpha value is -2.71. The monoisotopic (exact) mass is 591 g/mol. The summed E-state index contributed by atoms with van der Waals surface area (Å²) < 4.78 is 71.4. The van der Waals surface area contributed by atoms with Gasteiger partial charge in [-0.3, -0.25) is 9.59 Å². The van der Waals surface area contributed by atoms with Crippen molar-refractivity contribution in [3.63, 3.8) is 0 Å². The zero-order valence-electron chi connectivity index (χ0n) is 20.7. The number of hydrogen-bond acceptors (Lipinski definition) is 7. The van der Waals surface area contributed by atoms with Gasteiger partial charge in [0, 0.05) is 12.0 Å². The Morgan fingerprint density at radius 1 is 1.03 bits per heavy atom. The number of carbonyl (C=O) groups excluding carboxylic acids is 2. The number of halogens is 4. The third-order valence-corrected chi connectivity index (χ3v) is 8.22. The maximum atomic E-state index is 13.0. The molecule has 39 heavy (non-hydrogen) atoms. The van der Waals surface area contributed by atoms with Crippen LogP contribution in [0.25, 0.3) is 0 Å². The fourth-order valence-corrected chi connectivity index (χ4v) is 5.66. The Balaban J connectivity index is 1.57. The van der Waals surface area contributed by atoms with Crippen molar-refractivity contribution in [3.05, 3.63) is 65.7 Å². The largest absolute Gasteiger partial charge is 0.462 e. The number of esters is 1. The first-order valence-electron chi connectivity index (χ1n) is 12.1. The van der Waals surface area contributed by atoms with Crippen molar-refractivity contribution < 1.29 is 41.0 Å². The molecule has 1 amide bonds. The number of benzene rings is 2. The highest BCUT2D eigenvalue weighted by molar-refractivity contribution is 7.89. The van der Waals surface area contributed by atoms with Gasteiger partial charge in [-0.25, -0.2) is 18.0 Å². The molecule has 1 aliphatic carbocycles. The lowest BCUT2D eigenvalue weighted by Crippen LogP contribution is -2.43. The second kappa shape index (κ2) is 13.6. The van der Waals surface area contributed by atoms with Gasteiger partial charge in [-0.05, 0) is 67.3 Å². The molecule has 214 valence electrons. The number of sulfonamides is 1. The minimum absolute atomic E-state index is 0.202. The fraction of sp³-hybridized carbons (Fsp3) is 0.440. The van der Waals surface area contributed by atoms with Crippen molar-refractivity contribution in [2.45, 2.75) is 54.9 Å². The Labute approximate surface area is 229 Å². The first kappa shape index (κ1) is 30.8. The molecule has 0 heterocycles. The van der Waals surface area contributed by atoms with Crippen molar-refractivity contribution in [2.24, 2.45) is 5.92 Å². The number of nitrogens with one attached hydrogen (secondary N) is 3. The van der Waals surface area contributed by atoms with E-state index in [1.807, 2.05) is 0 Å². The molecule has 2 aromatic carbocycles. The van der Waals surface area contributed by atoms with E-state index in [9.17, 15) is 36.3 Å². The first-order valence-corrected chi connectivity index (χ1v) is 14.0.